The van der Waals surface area contributed by atoms with Crippen molar-refractivity contribution in [2.75, 3.05) is 11.4 Å². The molecule has 1 atom stereocenters. The van der Waals surface area contributed by atoms with Gasteiger partial charge in [-0.2, -0.15) is 13.2 Å². The SMILES string of the molecule is Cn1c2c(c3ccc(N4C=CC(OCc5ccc(C(F)(F)F)nc5)=CC4O)cc31)CCNC2. The Balaban J connectivity index is 1.29. The lowest BCUT2D eigenvalue weighted by Crippen LogP contribution is -2.31. The number of aromatic nitrogens is 2. The number of rotatable bonds is 4. The highest BCUT2D eigenvalue weighted by Gasteiger charge is 2.32. The lowest BCUT2D eigenvalue weighted by atomic mass is 10.0. The monoisotopic (exact) mass is 456 g/mol. The number of hydrogen-bond donors (Lipinski definition) is 2. The molecule has 1 unspecified atom stereocenters. The molecule has 0 aliphatic carbocycles. The maximum absolute atomic E-state index is 12.6. The van der Waals surface area contributed by atoms with Crippen LogP contribution in [-0.2, 0) is 37.5 Å². The number of benzene rings is 1. The summed E-state index contributed by atoms with van der Waals surface area (Å²) in [7, 11) is 2.06. The second-order valence-corrected chi connectivity index (χ2v) is 8.16. The zero-order valence-electron chi connectivity index (χ0n) is 17.9. The van der Waals surface area contributed by atoms with E-state index in [1.54, 1.807) is 23.3 Å². The largest absolute Gasteiger partial charge is 0.489 e. The maximum Gasteiger partial charge on any atom is 0.433 e. The van der Waals surface area contributed by atoms with E-state index in [4.69, 9.17) is 4.74 Å². The van der Waals surface area contributed by atoms with Gasteiger partial charge in [0.25, 0.3) is 0 Å². The molecule has 0 bridgehead atoms. The van der Waals surface area contributed by atoms with Crippen LogP contribution in [0, 0.1) is 0 Å². The Morgan fingerprint density at radius 3 is 2.82 bits per heavy atom. The summed E-state index contributed by atoms with van der Waals surface area (Å²) in [6.45, 7) is 1.86. The fourth-order valence-electron chi connectivity index (χ4n) is 4.35. The van der Waals surface area contributed by atoms with Gasteiger partial charge >= 0.3 is 6.18 Å². The van der Waals surface area contributed by atoms with E-state index >= 15 is 0 Å². The summed E-state index contributed by atoms with van der Waals surface area (Å²) >= 11 is 0. The van der Waals surface area contributed by atoms with Crippen LogP contribution in [0.1, 0.15) is 22.5 Å². The maximum atomic E-state index is 12.6. The summed E-state index contributed by atoms with van der Waals surface area (Å²) in [5.74, 6) is 0.431. The van der Waals surface area contributed by atoms with Crippen molar-refractivity contribution in [3.05, 3.63) is 83.2 Å². The Hall–Kier alpha value is -3.30. The first-order valence-corrected chi connectivity index (χ1v) is 10.6. The van der Waals surface area contributed by atoms with E-state index in [1.165, 1.54) is 22.7 Å². The number of hydrogen-bond acceptors (Lipinski definition) is 5. The van der Waals surface area contributed by atoms with Gasteiger partial charge in [-0.1, -0.05) is 12.1 Å². The minimum atomic E-state index is -4.47. The number of pyridine rings is 1. The third kappa shape index (κ3) is 4.09. The zero-order chi connectivity index (χ0) is 23.2. The minimum Gasteiger partial charge on any atom is -0.489 e. The molecule has 6 nitrogen and oxygen atoms in total. The average Bonchev–Trinajstić information content (AvgIpc) is 3.09. The standard InChI is InChI=1S/C24H23F3N4O2/c1-30-20-10-16(3-4-18(20)19-6-8-28-13-21(19)30)31-9-7-17(11-23(31)32)33-14-15-2-5-22(29-12-15)24(25,26)27/h2-5,7,9-12,23,28,32H,6,8,13-14H2,1H3. The van der Waals surface area contributed by atoms with E-state index in [-0.39, 0.29) is 6.61 Å². The molecule has 2 aliphatic rings. The Morgan fingerprint density at radius 1 is 1.24 bits per heavy atom. The second kappa shape index (κ2) is 8.24. The van der Waals surface area contributed by atoms with E-state index < -0.39 is 18.1 Å². The number of aliphatic hydroxyl groups is 1. The number of aryl methyl sites for hydroxylation is 1. The summed E-state index contributed by atoms with van der Waals surface area (Å²) < 4.78 is 45.8. The fourth-order valence-corrected chi connectivity index (χ4v) is 4.35. The lowest BCUT2D eigenvalue weighted by molar-refractivity contribution is -0.141. The Labute approximate surface area is 188 Å². The number of aliphatic hydroxyl groups excluding tert-OH is 1. The third-order valence-electron chi connectivity index (χ3n) is 6.08. The highest BCUT2D eigenvalue weighted by atomic mass is 19.4. The lowest BCUT2D eigenvalue weighted by Gasteiger charge is -2.28. The van der Waals surface area contributed by atoms with Crippen molar-refractivity contribution in [2.24, 2.45) is 7.05 Å². The van der Waals surface area contributed by atoms with E-state index in [0.717, 1.165) is 43.0 Å². The van der Waals surface area contributed by atoms with Gasteiger partial charge in [-0.3, -0.25) is 4.98 Å². The molecule has 172 valence electrons. The zero-order valence-corrected chi connectivity index (χ0v) is 17.9. The summed E-state index contributed by atoms with van der Waals surface area (Å²) in [6, 6.07) is 8.41. The van der Waals surface area contributed by atoms with Crippen LogP contribution < -0.4 is 10.2 Å². The van der Waals surface area contributed by atoms with E-state index in [2.05, 4.69) is 34.0 Å². The normalized spacial score (nSPS) is 18.4. The quantitative estimate of drug-likeness (QED) is 0.622. The molecule has 0 radical (unpaired) electrons. The van der Waals surface area contributed by atoms with Gasteiger partial charge in [0.1, 0.15) is 18.1 Å². The van der Waals surface area contributed by atoms with Crippen LogP contribution in [0.25, 0.3) is 10.9 Å². The van der Waals surface area contributed by atoms with Crippen LogP contribution in [0.3, 0.4) is 0 Å². The predicted octanol–water partition coefficient (Wildman–Crippen LogP) is 3.99. The fraction of sp³-hybridized carbons (Fsp3) is 0.292. The first-order chi connectivity index (χ1) is 15.8. The van der Waals surface area contributed by atoms with Gasteiger partial charge in [-0.05, 0) is 42.8 Å². The molecule has 0 amide bonds. The van der Waals surface area contributed by atoms with Crippen molar-refractivity contribution < 1.29 is 23.0 Å². The van der Waals surface area contributed by atoms with Crippen LogP contribution in [0.4, 0.5) is 18.9 Å². The van der Waals surface area contributed by atoms with E-state index in [1.807, 2.05) is 6.07 Å². The predicted molar refractivity (Wildman–Crippen MR) is 118 cm³/mol. The van der Waals surface area contributed by atoms with Gasteiger partial charge < -0.3 is 24.6 Å². The summed E-state index contributed by atoms with van der Waals surface area (Å²) in [5, 5.41) is 15.3. The van der Waals surface area contributed by atoms with Crippen molar-refractivity contribution in [2.45, 2.75) is 32.0 Å². The smallest absolute Gasteiger partial charge is 0.433 e. The van der Waals surface area contributed by atoms with E-state index in [9.17, 15) is 18.3 Å². The number of alkyl halides is 3. The number of nitrogens with zero attached hydrogens (tertiary/aromatic N) is 3. The van der Waals surface area contributed by atoms with Crippen LogP contribution in [0.2, 0.25) is 0 Å². The molecule has 1 aromatic carbocycles. The molecule has 9 heteroatoms. The average molecular weight is 456 g/mol. The molecular formula is C24H23F3N4O2. The second-order valence-electron chi connectivity index (χ2n) is 8.16. The van der Waals surface area contributed by atoms with Crippen molar-refractivity contribution in [1.29, 1.82) is 0 Å². The molecule has 4 heterocycles. The molecule has 2 N–H and O–H groups in total. The van der Waals surface area contributed by atoms with Gasteiger partial charge in [0.05, 0.1) is 5.52 Å². The highest BCUT2D eigenvalue weighted by molar-refractivity contribution is 5.89. The molecular weight excluding hydrogens is 433 g/mol. The van der Waals surface area contributed by atoms with Crippen LogP contribution in [0.15, 0.2) is 60.6 Å². The third-order valence-corrected chi connectivity index (χ3v) is 6.08. The van der Waals surface area contributed by atoms with Gasteiger partial charge in [-0.25, -0.2) is 0 Å². The van der Waals surface area contributed by atoms with Gasteiger partial charge in [0.15, 0.2) is 6.23 Å². The number of anilines is 1. The molecule has 0 saturated heterocycles. The first-order valence-electron chi connectivity index (χ1n) is 10.6. The van der Waals surface area contributed by atoms with Crippen LogP contribution in [-0.4, -0.2) is 27.4 Å². The molecule has 2 aliphatic heterocycles. The van der Waals surface area contributed by atoms with Gasteiger partial charge in [0, 0.05) is 54.4 Å². The number of ether oxygens (including phenoxy) is 1. The molecule has 0 saturated carbocycles. The highest BCUT2D eigenvalue weighted by Crippen LogP contribution is 2.32. The Bertz CT molecular complexity index is 1250. The Morgan fingerprint density at radius 2 is 2.09 bits per heavy atom. The molecule has 3 aromatic rings. The van der Waals surface area contributed by atoms with Crippen molar-refractivity contribution >= 4 is 16.6 Å². The number of allylic oxidation sites excluding steroid dienone is 1. The Kier molecular flexibility index (Phi) is 5.38. The van der Waals surface area contributed by atoms with Crippen molar-refractivity contribution in [1.82, 2.24) is 14.9 Å². The number of nitrogens with one attached hydrogen (secondary N) is 1. The number of halogens is 3. The summed E-state index contributed by atoms with van der Waals surface area (Å²) in [5.41, 5.74) is 4.18. The van der Waals surface area contributed by atoms with Crippen LogP contribution in [0.5, 0.6) is 0 Å². The number of fused-ring (bicyclic) bond motifs is 3. The summed E-state index contributed by atoms with van der Waals surface area (Å²) in [6.07, 6.45) is 1.73. The van der Waals surface area contributed by atoms with Crippen LogP contribution >= 0.6 is 0 Å². The topological polar surface area (TPSA) is 62.5 Å². The summed E-state index contributed by atoms with van der Waals surface area (Å²) in [4.78, 5) is 5.16. The molecule has 33 heavy (non-hydrogen) atoms. The van der Waals surface area contributed by atoms with Crippen molar-refractivity contribution in [3.8, 4) is 0 Å². The van der Waals surface area contributed by atoms with Crippen molar-refractivity contribution in [3.63, 3.8) is 0 Å². The van der Waals surface area contributed by atoms with Gasteiger partial charge in [0.2, 0.25) is 0 Å². The molecule has 5 rings (SSSR count). The first kappa shape index (κ1) is 21.5. The minimum absolute atomic E-state index is 0.0446. The van der Waals surface area contributed by atoms with Gasteiger partial charge in [-0.15, -0.1) is 0 Å². The molecule has 2 aromatic heterocycles. The molecule has 0 fully saturated rings. The van der Waals surface area contributed by atoms with E-state index in [0.29, 0.717) is 11.3 Å². The molecule has 0 spiro atoms.